The molecule has 0 aliphatic heterocycles. The Morgan fingerprint density at radius 3 is 2.24 bits per heavy atom. The van der Waals surface area contributed by atoms with Gasteiger partial charge in [-0.25, -0.2) is 0 Å². The van der Waals surface area contributed by atoms with Gasteiger partial charge < -0.3 is 14.8 Å². The first-order valence-electron chi connectivity index (χ1n) is 8.01. The zero-order valence-corrected chi connectivity index (χ0v) is 14.2. The highest BCUT2D eigenvalue weighted by Crippen LogP contribution is 2.26. The van der Waals surface area contributed by atoms with Gasteiger partial charge in [0.1, 0.15) is 0 Å². The van der Waals surface area contributed by atoms with Crippen molar-refractivity contribution in [3.8, 4) is 11.5 Å². The number of hydrogen-bond acceptors (Lipinski definition) is 3. The zero-order chi connectivity index (χ0) is 15.7. The van der Waals surface area contributed by atoms with E-state index in [-0.39, 0.29) is 0 Å². The monoisotopic (exact) mass is 293 g/mol. The maximum atomic E-state index is 5.88. The number of para-hydroxylation sites is 2. The van der Waals surface area contributed by atoms with Crippen molar-refractivity contribution >= 4 is 0 Å². The van der Waals surface area contributed by atoms with Crippen LogP contribution in [0.2, 0.25) is 0 Å². The molecule has 0 saturated carbocycles. The number of ether oxygens (including phenoxy) is 2. The van der Waals surface area contributed by atoms with Gasteiger partial charge in [-0.05, 0) is 49.4 Å². The summed E-state index contributed by atoms with van der Waals surface area (Å²) in [6.07, 6.45) is 1.06. The maximum Gasteiger partial charge on any atom is 0.161 e. The standard InChI is InChI=1S/C18H31NO2/c1-14(2)12-19-13-16(15(3)4)10-11-21-18-9-7-6-8-17(18)20-5/h6-9,14-16,19H,10-13H2,1-5H3. The van der Waals surface area contributed by atoms with Crippen molar-refractivity contribution in [1.29, 1.82) is 0 Å². The molecule has 0 radical (unpaired) electrons. The van der Waals surface area contributed by atoms with Crippen LogP contribution in [-0.2, 0) is 0 Å². The third-order valence-electron chi connectivity index (χ3n) is 3.72. The molecule has 0 aliphatic carbocycles. The van der Waals surface area contributed by atoms with Gasteiger partial charge in [-0.3, -0.25) is 0 Å². The molecule has 0 aliphatic rings. The van der Waals surface area contributed by atoms with Crippen LogP contribution in [0.1, 0.15) is 34.1 Å². The Morgan fingerprint density at radius 2 is 1.67 bits per heavy atom. The number of hydrogen-bond donors (Lipinski definition) is 1. The predicted octanol–water partition coefficient (Wildman–Crippen LogP) is 3.98. The topological polar surface area (TPSA) is 30.5 Å². The summed E-state index contributed by atoms with van der Waals surface area (Å²) in [6, 6.07) is 7.82. The molecule has 1 rings (SSSR count). The molecule has 3 nitrogen and oxygen atoms in total. The lowest BCUT2D eigenvalue weighted by Gasteiger charge is -2.22. The Kier molecular flexibility index (Phi) is 8.21. The highest BCUT2D eigenvalue weighted by atomic mass is 16.5. The Labute approximate surface area is 130 Å². The Hall–Kier alpha value is -1.22. The molecule has 0 heterocycles. The number of benzene rings is 1. The van der Waals surface area contributed by atoms with Crippen molar-refractivity contribution in [2.45, 2.75) is 34.1 Å². The van der Waals surface area contributed by atoms with Gasteiger partial charge in [0, 0.05) is 0 Å². The van der Waals surface area contributed by atoms with Gasteiger partial charge in [0.25, 0.3) is 0 Å². The molecule has 1 aromatic rings. The minimum atomic E-state index is 0.637. The van der Waals surface area contributed by atoms with Crippen LogP contribution in [0.5, 0.6) is 11.5 Å². The van der Waals surface area contributed by atoms with Gasteiger partial charge in [0.15, 0.2) is 11.5 Å². The van der Waals surface area contributed by atoms with Crippen LogP contribution in [0.25, 0.3) is 0 Å². The highest BCUT2D eigenvalue weighted by Gasteiger charge is 2.14. The number of rotatable bonds is 10. The van der Waals surface area contributed by atoms with Crippen LogP contribution in [0, 0.1) is 17.8 Å². The third-order valence-corrected chi connectivity index (χ3v) is 3.72. The molecular weight excluding hydrogens is 262 g/mol. The molecule has 0 aromatic heterocycles. The molecule has 0 spiro atoms. The van der Waals surface area contributed by atoms with Crippen molar-refractivity contribution in [2.75, 3.05) is 26.8 Å². The maximum absolute atomic E-state index is 5.88. The summed E-state index contributed by atoms with van der Waals surface area (Å²) in [7, 11) is 1.68. The van der Waals surface area contributed by atoms with Crippen molar-refractivity contribution in [2.24, 2.45) is 17.8 Å². The fraction of sp³-hybridized carbons (Fsp3) is 0.667. The second kappa shape index (κ2) is 9.67. The number of nitrogens with one attached hydrogen (secondary N) is 1. The lowest BCUT2D eigenvalue weighted by atomic mass is 9.92. The largest absolute Gasteiger partial charge is 0.493 e. The normalized spacial score (nSPS) is 12.7. The minimum absolute atomic E-state index is 0.637. The molecule has 21 heavy (non-hydrogen) atoms. The van der Waals surface area contributed by atoms with Crippen LogP contribution in [-0.4, -0.2) is 26.8 Å². The second-order valence-corrected chi connectivity index (χ2v) is 6.34. The van der Waals surface area contributed by atoms with Gasteiger partial charge in [-0.15, -0.1) is 0 Å². The molecule has 120 valence electrons. The lowest BCUT2D eigenvalue weighted by Crippen LogP contribution is -2.30. The van der Waals surface area contributed by atoms with E-state index in [1.807, 2.05) is 24.3 Å². The fourth-order valence-electron chi connectivity index (χ4n) is 2.29. The Bertz CT molecular complexity index is 391. The summed E-state index contributed by atoms with van der Waals surface area (Å²) in [5.41, 5.74) is 0. The highest BCUT2D eigenvalue weighted by molar-refractivity contribution is 5.39. The SMILES string of the molecule is COc1ccccc1OCCC(CNCC(C)C)C(C)C. The van der Waals surface area contributed by atoms with Gasteiger partial charge in [-0.1, -0.05) is 39.8 Å². The van der Waals surface area contributed by atoms with Gasteiger partial charge >= 0.3 is 0 Å². The van der Waals surface area contributed by atoms with E-state index in [2.05, 4.69) is 33.0 Å². The Balaban J connectivity index is 2.39. The van der Waals surface area contributed by atoms with E-state index >= 15 is 0 Å². The van der Waals surface area contributed by atoms with Crippen LogP contribution in [0.15, 0.2) is 24.3 Å². The van der Waals surface area contributed by atoms with E-state index in [9.17, 15) is 0 Å². The Morgan fingerprint density at radius 1 is 1.00 bits per heavy atom. The third kappa shape index (κ3) is 6.85. The summed E-state index contributed by atoms with van der Waals surface area (Å²) < 4.78 is 11.2. The summed E-state index contributed by atoms with van der Waals surface area (Å²) in [4.78, 5) is 0. The van der Waals surface area contributed by atoms with Crippen LogP contribution in [0.3, 0.4) is 0 Å². The van der Waals surface area contributed by atoms with E-state index < -0.39 is 0 Å². The molecule has 3 heteroatoms. The molecule has 1 aromatic carbocycles. The van der Waals surface area contributed by atoms with Gasteiger partial charge in [-0.2, -0.15) is 0 Å². The summed E-state index contributed by atoms with van der Waals surface area (Å²) in [5, 5.41) is 3.56. The molecule has 0 amide bonds. The van der Waals surface area contributed by atoms with E-state index in [4.69, 9.17) is 9.47 Å². The van der Waals surface area contributed by atoms with Crippen LogP contribution >= 0.6 is 0 Å². The van der Waals surface area contributed by atoms with Gasteiger partial charge in [0.2, 0.25) is 0 Å². The zero-order valence-electron chi connectivity index (χ0n) is 14.2. The van der Waals surface area contributed by atoms with Gasteiger partial charge in [0.05, 0.1) is 13.7 Å². The first kappa shape index (κ1) is 17.8. The van der Waals surface area contributed by atoms with Crippen molar-refractivity contribution in [3.63, 3.8) is 0 Å². The molecule has 0 saturated heterocycles. The van der Waals surface area contributed by atoms with Crippen molar-refractivity contribution < 1.29 is 9.47 Å². The smallest absolute Gasteiger partial charge is 0.161 e. The lowest BCUT2D eigenvalue weighted by molar-refractivity contribution is 0.235. The molecule has 1 N–H and O–H groups in total. The van der Waals surface area contributed by atoms with E-state index in [1.54, 1.807) is 7.11 Å². The van der Waals surface area contributed by atoms with E-state index in [1.165, 1.54) is 0 Å². The second-order valence-electron chi connectivity index (χ2n) is 6.34. The average molecular weight is 293 g/mol. The minimum Gasteiger partial charge on any atom is -0.493 e. The first-order valence-corrected chi connectivity index (χ1v) is 8.01. The van der Waals surface area contributed by atoms with Crippen molar-refractivity contribution in [1.82, 2.24) is 5.32 Å². The van der Waals surface area contributed by atoms with Crippen LogP contribution < -0.4 is 14.8 Å². The van der Waals surface area contributed by atoms with Crippen LogP contribution in [0.4, 0.5) is 0 Å². The average Bonchev–Trinajstić information content (AvgIpc) is 2.45. The van der Waals surface area contributed by atoms with Crippen molar-refractivity contribution in [3.05, 3.63) is 24.3 Å². The summed E-state index contributed by atoms with van der Waals surface area (Å²) in [6.45, 7) is 11.9. The fourth-order valence-corrected chi connectivity index (χ4v) is 2.29. The summed E-state index contributed by atoms with van der Waals surface area (Å²) >= 11 is 0. The number of methoxy groups -OCH3 is 1. The molecule has 1 unspecified atom stereocenters. The summed E-state index contributed by atoms with van der Waals surface area (Å²) in [5.74, 6) is 3.63. The predicted molar refractivity (Wildman–Crippen MR) is 89.1 cm³/mol. The molecule has 0 fully saturated rings. The van der Waals surface area contributed by atoms with E-state index in [0.717, 1.165) is 37.6 Å². The first-order chi connectivity index (χ1) is 10.0. The molecular formula is C18H31NO2. The van der Waals surface area contributed by atoms with E-state index in [0.29, 0.717) is 17.8 Å². The molecule has 0 bridgehead atoms. The quantitative estimate of drug-likeness (QED) is 0.708. The molecule has 1 atom stereocenters.